The number of hydrogen-bond acceptors (Lipinski definition) is 3. The van der Waals surface area contributed by atoms with E-state index in [1.54, 1.807) is 0 Å². The van der Waals surface area contributed by atoms with Crippen molar-refractivity contribution in [3.05, 3.63) is 29.3 Å². The number of amides is 1. The summed E-state index contributed by atoms with van der Waals surface area (Å²) in [7, 11) is 0. The molecule has 0 saturated carbocycles. The highest BCUT2D eigenvalue weighted by Crippen LogP contribution is 2.21. The Bertz CT molecular complexity index is 497. The Labute approximate surface area is 121 Å². The highest BCUT2D eigenvalue weighted by Gasteiger charge is 2.30. The maximum absolute atomic E-state index is 12.6. The third-order valence-corrected chi connectivity index (χ3v) is 3.55. The molecule has 4 heteroatoms. The minimum absolute atomic E-state index is 0.0990. The van der Waals surface area contributed by atoms with Gasteiger partial charge in [-0.15, -0.1) is 0 Å². The molecule has 4 nitrogen and oxygen atoms in total. The quantitative estimate of drug-likeness (QED) is 0.923. The number of benzene rings is 1. The summed E-state index contributed by atoms with van der Waals surface area (Å²) in [6, 6.07) is 5.91. The van der Waals surface area contributed by atoms with Crippen molar-refractivity contribution in [2.24, 2.45) is 0 Å². The van der Waals surface area contributed by atoms with Crippen molar-refractivity contribution in [2.45, 2.75) is 33.3 Å². The third-order valence-electron chi connectivity index (χ3n) is 3.55. The van der Waals surface area contributed by atoms with Crippen LogP contribution in [0, 0.1) is 6.92 Å². The van der Waals surface area contributed by atoms with Gasteiger partial charge in [0, 0.05) is 30.9 Å². The van der Waals surface area contributed by atoms with Crippen LogP contribution in [-0.4, -0.2) is 42.6 Å². The number of nitrogens with zero attached hydrogens (tertiary/aromatic N) is 1. The molecule has 1 saturated heterocycles. The predicted molar refractivity (Wildman–Crippen MR) is 81.3 cm³/mol. The molecular weight excluding hydrogens is 252 g/mol. The van der Waals surface area contributed by atoms with Gasteiger partial charge in [0.25, 0.3) is 5.91 Å². The number of anilines is 1. The van der Waals surface area contributed by atoms with Gasteiger partial charge in [-0.25, -0.2) is 0 Å². The summed E-state index contributed by atoms with van der Waals surface area (Å²) in [6.45, 7) is 10.9. The molecule has 0 bridgehead atoms. The molecule has 20 heavy (non-hydrogen) atoms. The van der Waals surface area contributed by atoms with Crippen molar-refractivity contribution in [1.82, 2.24) is 4.90 Å². The molecule has 1 fully saturated rings. The molecule has 1 aliphatic rings. The molecule has 0 radical (unpaired) electrons. The van der Waals surface area contributed by atoms with Crippen molar-refractivity contribution in [1.29, 1.82) is 0 Å². The molecule has 1 heterocycles. The molecule has 1 amide bonds. The standard InChI is InChI=1S/C16H24N2O2/c1-5-17-13-6-7-14(12(2)10-13)15(19)18-8-9-20-16(3,4)11-18/h6-7,10,17H,5,8-9,11H2,1-4H3. The molecule has 110 valence electrons. The SMILES string of the molecule is CCNc1ccc(C(=O)N2CCOC(C)(C)C2)c(C)c1. The maximum atomic E-state index is 12.6. The molecule has 0 unspecified atom stereocenters. The van der Waals surface area contributed by atoms with Crippen molar-refractivity contribution < 1.29 is 9.53 Å². The lowest BCUT2D eigenvalue weighted by molar-refractivity contribution is -0.0764. The molecule has 1 N–H and O–H groups in total. The van der Waals surface area contributed by atoms with Gasteiger partial charge in [0.15, 0.2) is 0 Å². The molecule has 0 aromatic heterocycles. The molecule has 1 aromatic carbocycles. The lowest BCUT2D eigenvalue weighted by Gasteiger charge is -2.38. The van der Waals surface area contributed by atoms with Crippen LogP contribution in [0.15, 0.2) is 18.2 Å². The van der Waals surface area contributed by atoms with Gasteiger partial charge in [0.1, 0.15) is 0 Å². The number of hydrogen-bond donors (Lipinski definition) is 1. The number of morpholine rings is 1. The summed E-state index contributed by atoms with van der Waals surface area (Å²) in [5.41, 5.74) is 2.59. The molecule has 2 rings (SSSR count). The Morgan fingerprint density at radius 1 is 1.45 bits per heavy atom. The van der Waals surface area contributed by atoms with Crippen LogP contribution in [0.2, 0.25) is 0 Å². The summed E-state index contributed by atoms with van der Waals surface area (Å²) in [5, 5.41) is 3.26. The zero-order valence-corrected chi connectivity index (χ0v) is 12.8. The molecule has 1 aromatic rings. The van der Waals surface area contributed by atoms with Gasteiger partial charge in [-0.3, -0.25) is 4.79 Å². The zero-order valence-electron chi connectivity index (χ0n) is 12.8. The summed E-state index contributed by atoms with van der Waals surface area (Å²) in [6.07, 6.45) is 0. The van der Waals surface area contributed by atoms with Gasteiger partial charge < -0.3 is 15.0 Å². The van der Waals surface area contributed by atoms with E-state index >= 15 is 0 Å². The molecule has 0 spiro atoms. The zero-order chi connectivity index (χ0) is 14.8. The fourth-order valence-corrected chi connectivity index (χ4v) is 2.58. The number of carbonyl (C=O) groups excluding carboxylic acids is 1. The van der Waals surface area contributed by atoms with Crippen LogP contribution in [0.3, 0.4) is 0 Å². The van der Waals surface area contributed by atoms with Crippen molar-refractivity contribution in [2.75, 3.05) is 31.6 Å². The number of aryl methyl sites for hydroxylation is 1. The van der Waals surface area contributed by atoms with Crippen molar-refractivity contribution in [3.8, 4) is 0 Å². The average Bonchev–Trinajstić information content (AvgIpc) is 2.37. The predicted octanol–water partition coefficient (Wildman–Crippen LogP) is 2.68. The Balaban J connectivity index is 2.16. The van der Waals surface area contributed by atoms with Crippen molar-refractivity contribution in [3.63, 3.8) is 0 Å². The minimum Gasteiger partial charge on any atom is -0.385 e. The van der Waals surface area contributed by atoms with Crippen molar-refractivity contribution >= 4 is 11.6 Å². The Morgan fingerprint density at radius 3 is 2.80 bits per heavy atom. The minimum atomic E-state index is -0.258. The van der Waals surface area contributed by atoms with E-state index in [1.165, 1.54) is 0 Å². The highest BCUT2D eigenvalue weighted by molar-refractivity contribution is 5.96. The molecular formula is C16H24N2O2. The second-order valence-electron chi connectivity index (χ2n) is 5.89. The second-order valence-corrected chi connectivity index (χ2v) is 5.89. The van der Waals surface area contributed by atoms with E-state index in [4.69, 9.17) is 4.74 Å². The average molecular weight is 276 g/mol. The van der Waals surface area contributed by atoms with Gasteiger partial charge in [-0.1, -0.05) is 0 Å². The molecule has 0 atom stereocenters. The maximum Gasteiger partial charge on any atom is 0.254 e. The first-order chi connectivity index (χ1) is 9.43. The smallest absolute Gasteiger partial charge is 0.254 e. The number of carbonyl (C=O) groups is 1. The first kappa shape index (κ1) is 14.9. The van der Waals surface area contributed by atoms with E-state index in [1.807, 2.05) is 43.9 Å². The van der Waals surface area contributed by atoms with E-state index in [0.717, 1.165) is 23.4 Å². The number of nitrogens with one attached hydrogen (secondary N) is 1. The lowest BCUT2D eigenvalue weighted by atomic mass is 10.0. The van der Waals surface area contributed by atoms with Gasteiger partial charge in [-0.05, 0) is 51.5 Å². The van der Waals surface area contributed by atoms with E-state index in [2.05, 4.69) is 12.2 Å². The molecule has 0 aliphatic carbocycles. The number of ether oxygens (including phenoxy) is 1. The van der Waals surface area contributed by atoms with Crippen LogP contribution < -0.4 is 5.32 Å². The summed E-state index contributed by atoms with van der Waals surface area (Å²) in [5.74, 6) is 0.0990. The molecule has 1 aliphatic heterocycles. The van der Waals surface area contributed by atoms with Gasteiger partial charge >= 0.3 is 0 Å². The van der Waals surface area contributed by atoms with E-state index in [9.17, 15) is 4.79 Å². The Morgan fingerprint density at radius 2 is 2.20 bits per heavy atom. The van der Waals surface area contributed by atoms with Crippen LogP contribution in [-0.2, 0) is 4.74 Å². The van der Waals surface area contributed by atoms with E-state index in [-0.39, 0.29) is 11.5 Å². The Hall–Kier alpha value is -1.55. The Kier molecular flexibility index (Phi) is 4.33. The normalized spacial score (nSPS) is 17.9. The van der Waals surface area contributed by atoms with Gasteiger partial charge in [-0.2, -0.15) is 0 Å². The van der Waals surface area contributed by atoms with E-state index in [0.29, 0.717) is 19.7 Å². The fraction of sp³-hybridized carbons (Fsp3) is 0.562. The fourth-order valence-electron chi connectivity index (χ4n) is 2.58. The van der Waals surface area contributed by atoms with Crippen LogP contribution in [0.1, 0.15) is 36.7 Å². The first-order valence-corrected chi connectivity index (χ1v) is 7.21. The highest BCUT2D eigenvalue weighted by atomic mass is 16.5. The van der Waals surface area contributed by atoms with Crippen LogP contribution in [0.25, 0.3) is 0 Å². The summed E-state index contributed by atoms with van der Waals surface area (Å²) in [4.78, 5) is 14.5. The van der Waals surface area contributed by atoms with Gasteiger partial charge in [0.05, 0.1) is 12.2 Å². The second kappa shape index (κ2) is 5.83. The first-order valence-electron chi connectivity index (χ1n) is 7.21. The lowest BCUT2D eigenvalue weighted by Crippen LogP contribution is -2.50. The van der Waals surface area contributed by atoms with Crippen LogP contribution in [0.5, 0.6) is 0 Å². The number of rotatable bonds is 3. The largest absolute Gasteiger partial charge is 0.385 e. The van der Waals surface area contributed by atoms with Crippen LogP contribution in [0.4, 0.5) is 5.69 Å². The van der Waals surface area contributed by atoms with Gasteiger partial charge in [0.2, 0.25) is 0 Å². The monoisotopic (exact) mass is 276 g/mol. The van der Waals surface area contributed by atoms with E-state index < -0.39 is 0 Å². The third kappa shape index (κ3) is 3.31. The topological polar surface area (TPSA) is 41.6 Å². The van der Waals surface area contributed by atoms with Crippen LogP contribution >= 0.6 is 0 Å². The summed E-state index contributed by atoms with van der Waals surface area (Å²) < 4.78 is 5.66. The summed E-state index contributed by atoms with van der Waals surface area (Å²) >= 11 is 0.